The van der Waals surface area contributed by atoms with Crippen LogP contribution in [-0.2, 0) is 19.1 Å². The van der Waals surface area contributed by atoms with E-state index in [0.29, 0.717) is 24.6 Å². The molecular formula is C16H18N2O5. The van der Waals surface area contributed by atoms with E-state index in [-0.39, 0.29) is 5.92 Å². The molecule has 1 spiro atoms. The second-order valence-corrected chi connectivity index (χ2v) is 6.65. The van der Waals surface area contributed by atoms with E-state index in [1.54, 1.807) is 0 Å². The molecule has 0 N–H and O–H groups in total. The van der Waals surface area contributed by atoms with Crippen molar-refractivity contribution in [1.82, 2.24) is 10.1 Å². The second kappa shape index (κ2) is 4.84. The van der Waals surface area contributed by atoms with Gasteiger partial charge in [0.05, 0.1) is 12.1 Å². The van der Waals surface area contributed by atoms with E-state index in [2.05, 4.69) is 5.16 Å². The van der Waals surface area contributed by atoms with Crippen molar-refractivity contribution in [2.75, 3.05) is 6.54 Å². The maximum absolute atomic E-state index is 11.5. The van der Waals surface area contributed by atoms with Crippen molar-refractivity contribution in [2.45, 2.75) is 44.9 Å². The summed E-state index contributed by atoms with van der Waals surface area (Å²) in [5, 5.41) is 4.05. The minimum absolute atomic E-state index is 0.289. The first-order chi connectivity index (χ1) is 11.0. The van der Waals surface area contributed by atoms with Crippen LogP contribution >= 0.6 is 0 Å². The summed E-state index contributed by atoms with van der Waals surface area (Å²) in [5.74, 6) is -1.84. The lowest BCUT2D eigenvalue weighted by Crippen LogP contribution is -2.58. The van der Waals surface area contributed by atoms with Crippen LogP contribution < -0.4 is 0 Å². The predicted molar refractivity (Wildman–Crippen MR) is 77.5 cm³/mol. The van der Waals surface area contributed by atoms with Crippen molar-refractivity contribution in [3.05, 3.63) is 23.2 Å². The number of hydrogen-bond donors (Lipinski definition) is 0. The van der Waals surface area contributed by atoms with Gasteiger partial charge in [-0.2, -0.15) is 0 Å². The number of ether oxygens (including phenoxy) is 2. The Hall–Kier alpha value is -2.31. The summed E-state index contributed by atoms with van der Waals surface area (Å²) >= 11 is 0. The molecule has 4 aliphatic rings. The number of allylic oxidation sites excluding steroid dienone is 1. The summed E-state index contributed by atoms with van der Waals surface area (Å²) in [6, 6.07) is 1.90. The Morgan fingerprint density at radius 3 is 2.70 bits per heavy atom. The van der Waals surface area contributed by atoms with Gasteiger partial charge in [0.25, 0.3) is 0 Å². The number of fused-ring (bicyclic) bond motifs is 2. The van der Waals surface area contributed by atoms with Gasteiger partial charge in [-0.05, 0) is 24.7 Å². The smallest absolute Gasteiger partial charge is 0.395 e. The molecule has 1 unspecified atom stereocenters. The Bertz CT molecular complexity index is 689. The topological polar surface area (TPSA) is 81.9 Å². The van der Waals surface area contributed by atoms with Crippen molar-refractivity contribution in [3.63, 3.8) is 0 Å². The SMILES string of the molecule is CC(C)c1cc(/C=C2\CC3CCN2C2(C3)OC(=O)C(=O)O2)on1. The Labute approximate surface area is 133 Å². The van der Waals surface area contributed by atoms with E-state index in [4.69, 9.17) is 14.0 Å². The lowest BCUT2D eigenvalue weighted by molar-refractivity contribution is -0.272. The second-order valence-electron chi connectivity index (χ2n) is 6.65. The van der Waals surface area contributed by atoms with Crippen LogP contribution in [-0.4, -0.2) is 34.5 Å². The van der Waals surface area contributed by atoms with Crippen LogP contribution in [0.4, 0.5) is 0 Å². The molecule has 5 rings (SSSR count). The third-order valence-corrected chi connectivity index (χ3v) is 4.68. The summed E-state index contributed by atoms with van der Waals surface area (Å²) < 4.78 is 15.9. The average molecular weight is 318 g/mol. The fourth-order valence-corrected chi connectivity index (χ4v) is 3.53. The van der Waals surface area contributed by atoms with E-state index >= 15 is 0 Å². The van der Waals surface area contributed by atoms with Crippen molar-refractivity contribution >= 4 is 18.0 Å². The molecule has 122 valence electrons. The molecule has 2 bridgehead atoms. The van der Waals surface area contributed by atoms with Gasteiger partial charge >= 0.3 is 17.8 Å². The van der Waals surface area contributed by atoms with Crippen LogP contribution in [0.3, 0.4) is 0 Å². The normalized spacial score (nSPS) is 27.2. The molecular weight excluding hydrogens is 300 g/mol. The van der Waals surface area contributed by atoms with Crippen LogP contribution in [0, 0.1) is 5.92 Å². The van der Waals surface area contributed by atoms with Gasteiger partial charge in [-0.25, -0.2) is 9.59 Å². The third kappa shape index (κ3) is 2.22. The maximum atomic E-state index is 11.5. The lowest BCUT2D eigenvalue weighted by atomic mass is 9.83. The molecule has 23 heavy (non-hydrogen) atoms. The molecule has 4 saturated heterocycles. The molecule has 1 atom stereocenters. The van der Waals surface area contributed by atoms with Crippen LogP contribution in [0.25, 0.3) is 6.08 Å². The van der Waals surface area contributed by atoms with E-state index < -0.39 is 17.8 Å². The summed E-state index contributed by atoms with van der Waals surface area (Å²) in [5.41, 5.74) is 1.84. The van der Waals surface area contributed by atoms with Gasteiger partial charge in [-0.15, -0.1) is 0 Å². The molecule has 7 heteroatoms. The molecule has 1 aromatic rings. The van der Waals surface area contributed by atoms with Crippen LogP contribution in [0.15, 0.2) is 16.3 Å². The predicted octanol–water partition coefficient (Wildman–Crippen LogP) is 2.01. The molecule has 4 fully saturated rings. The zero-order valence-electron chi connectivity index (χ0n) is 13.1. The van der Waals surface area contributed by atoms with Gasteiger partial charge in [-0.1, -0.05) is 19.0 Å². The number of esters is 2. The monoisotopic (exact) mass is 318 g/mol. The number of nitrogens with zero attached hydrogens (tertiary/aromatic N) is 2. The molecule has 5 heterocycles. The van der Waals surface area contributed by atoms with Crippen molar-refractivity contribution < 1.29 is 23.6 Å². The van der Waals surface area contributed by atoms with Gasteiger partial charge < -0.3 is 18.9 Å². The van der Waals surface area contributed by atoms with E-state index in [1.165, 1.54) is 0 Å². The first-order valence-electron chi connectivity index (χ1n) is 7.88. The molecule has 0 aliphatic carbocycles. The largest absolute Gasteiger partial charge is 0.422 e. The molecule has 0 aromatic carbocycles. The highest BCUT2D eigenvalue weighted by Gasteiger charge is 2.59. The van der Waals surface area contributed by atoms with E-state index in [0.717, 1.165) is 24.2 Å². The molecule has 7 nitrogen and oxygen atoms in total. The fourth-order valence-electron chi connectivity index (χ4n) is 3.53. The van der Waals surface area contributed by atoms with Crippen molar-refractivity contribution in [2.24, 2.45) is 5.92 Å². The lowest BCUT2D eigenvalue weighted by Gasteiger charge is -2.50. The minimum atomic E-state index is -1.26. The van der Waals surface area contributed by atoms with Crippen LogP contribution in [0.5, 0.6) is 0 Å². The van der Waals surface area contributed by atoms with Crippen LogP contribution in [0.1, 0.15) is 50.5 Å². The zero-order valence-corrected chi connectivity index (χ0v) is 13.1. The maximum Gasteiger partial charge on any atom is 0.422 e. The Morgan fingerprint density at radius 2 is 2.09 bits per heavy atom. The van der Waals surface area contributed by atoms with E-state index in [9.17, 15) is 9.59 Å². The van der Waals surface area contributed by atoms with E-state index in [1.807, 2.05) is 30.9 Å². The number of carbonyl (C=O) groups excluding carboxylic acids is 2. The van der Waals surface area contributed by atoms with Crippen molar-refractivity contribution in [3.8, 4) is 0 Å². The number of carbonyl (C=O) groups is 2. The Kier molecular flexibility index (Phi) is 3.01. The molecule has 0 radical (unpaired) electrons. The third-order valence-electron chi connectivity index (χ3n) is 4.68. The van der Waals surface area contributed by atoms with Crippen molar-refractivity contribution in [1.29, 1.82) is 0 Å². The van der Waals surface area contributed by atoms with Gasteiger partial charge in [-0.3, -0.25) is 0 Å². The zero-order chi connectivity index (χ0) is 16.2. The quantitative estimate of drug-likeness (QED) is 0.609. The first-order valence-corrected chi connectivity index (χ1v) is 7.88. The van der Waals surface area contributed by atoms with Gasteiger partial charge in [0.15, 0.2) is 5.76 Å². The molecule has 0 saturated carbocycles. The fraction of sp³-hybridized carbons (Fsp3) is 0.562. The summed E-state index contributed by atoms with van der Waals surface area (Å²) in [4.78, 5) is 24.9. The number of piperidine rings is 3. The van der Waals surface area contributed by atoms with Gasteiger partial charge in [0, 0.05) is 24.4 Å². The molecule has 1 aromatic heterocycles. The number of rotatable bonds is 2. The number of aromatic nitrogens is 1. The summed E-state index contributed by atoms with van der Waals surface area (Å²) in [7, 11) is 0. The summed E-state index contributed by atoms with van der Waals surface area (Å²) in [6.07, 6.45) is 4.25. The minimum Gasteiger partial charge on any atom is -0.395 e. The highest BCUT2D eigenvalue weighted by molar-refractivity contribution is 6.31. The Balaban J connectivity index is 1.65. The first kappa shape index (κ1) is 14.3. The standard InChI is InChI=1S/C16H18N2O5/c1-9(2)13-7-12(23-17-13)6-11-5-10-3-4-18(11)16(8-10)21-14(19)15(20)22-16/h6-7,9-10H,3-5,8H2,1-2H3/b11-6+. The Morgan fingerprint density at radius 1 is 1.35 bits per heavy atom. The highest BCUT2D eigenvalue weighted by atomic mass is 16.8. The summed E-state index contributed by atoms with van der Waals surface area (Å²) in [6.45, 7) is 4.78. The molecule has 4 aliphatic heterocycles. The van der Waals surface area contributed by atoms with Gasteiger partial charge in [0.1, 0.15) is 0 Å². The average Bonchev–Trinajstić information content (AvgIpc) is 3.05. The highest BCUT2D eigenvalue weighted by Crippen LogP contribution is 2.48. The van der Waals surface area contributed by atoms with Gasteiger partial charge in [0.2, 0.25) is 0 Å². The number of hydrogen-bond acceptors (Lipinski definition) is 7. The van der Waals surface area contributed by atoms with Crippen LogP contribution in [0.2, 0.25) is 0 Å². The molecule has 0 amide bonds.